The molecule has 2 saturated heterocycles. The average molecular weight is 463 g/mol. The fourth-order valence-corrected chi connectivity index (χ4v) is 5.47. The molecule has 0 bridgehead atoms. The summed E-state index contributed by atoms with van der Waals surface area (Å²) in [4.78, 5) is 22.1. The highest BCUT2D eigenvalue weighted by Gasteiger charge is 2.36. The molecule has 2 fully saturated rings. The van der Waals surface area contributed by atoms with Crippen LogP contribution in [0.25, 0.3) is 11.1 Å². The highest BCUT2D eigenvalue weighted by molar-refractivity contribution is 5.92. The molecule has 178 valence electrons. The van der Waals surface area contributed by atoms with E-state index in [9.17, 15) is 14.3 Å². The standard InChI is InChI=1S/C27H31FN4O2/c1-19-15-31(13-11-25(19)30-12-10-23(33)17-30)27(34)26-14-29-18-32(26)16-21-4-2-3-5-24(21)20-6-8-22(28)9-7-20/h2-9,14,18-19,23,25,33H,10-13,15-17H2,1H3. The molecule has 2 aromatic carbocycles. The summed E-state index contributed by atoms with van der Waals surface area (Å²) >= 11 is 0. The van der Waals surface area contributed by atoms with Crippen LogP contribution < -0.4 is 0 Å². The van der Waals surface area contributed by atoms with E-state index in [1.165, 1.54) is 12.1 Å². The molecule has 3 unspecified atom stereocenters. The maximum Gasteiger partial charge on any atom is 0.272 e. The molecule has 1 N–H and O–H groups in total. The van der Waals surface area contributed by atoms with Crippen LogP contribution in [-0.2, 0) is 6.54 Å². The lowest BCUT2D eigenvalue weighted by Gasteiger charge is -2.41. The molecule has 3 heterocycles. The summed E-state index contributed by atoms with van der Waals surface area (Å²) < 4.78 is 15.3. The van der Waals surface area contributed by atoms with Crippen molar-refractivity contribution in [3.8, 4) is 11.1 Å². The first-order valence-electron chi connectivity index (χ1n) is 12.0. The van der Waals surface area contributed by atoms with Gasteiger partial charge in [0.25, 0.3) is 5.91 Å². The number of carbonyl (C=O) groups excluding carboxylic acids is 1. The van der Waals surface area contributed by atoms with Gasteiger partial charge in [-0.15, -0.1) is 0 Å². The zero-order valence-corrected chi connectivity index (χ0v) is 19.5. The second kappa shape index (κ2) is 9.68. The quantitative estimate of drug-likeness (QED) is 0.629. The van der Waals surface area contributed by atoms with Crippen molar-refractivity contribution in [2.75, 3.05) is 26.2 Å². The van der Waals surface area contributed by atoms with Crippen LogP contribution in [0.3, 0.4) is 0 Å². The van der Waals surface area contributed by atoms with Gasteiger partial charge >= 0.3 is 0 Å². The van der Waals surface area contributed by atoms with Gasteiger partial charge in [-0.2, -0.15) is 0 Å². The molecule has 1 aromatic heterocycles. The molecule has 34 heavy (non-hydrogen) atoms. The third-order valence-electron chi connectivity index (χ3n) is 7.26. The van der Waals surface area contributed by atoms with Crippen LogP contribution in [0.5, 0.6) is 0 Å². The van der Waals surface area contributed by atoms with Crippen molar-refractivity contribution in [1.29, 1.82) is 0 Å². The Morgan fingerprint density at radius 3 is 2.62 bits per heavy atom. The number of β-amino-alcohol motifs (C(OH)–C–C–N with tert-alkyl or cyclic N) is 1. The molecular formula is C27H31FN4O2. The van der Waals surface area contributed by atoms with Gasteiger partial charge in [0.2, 0.25) is 0 Å². The largest absolute Gasteiger partial charge is 0.392 e. The van der Waals surface area contributed by atoms with Gasteiger partial charge in [-0.3, -0.25) is 9.69 Å². The summed E-state index contributed by atoms with van der Waals surface area (Å²) in [6, 6.07) is 14.9. The van der Waals surface area contributed by atoms with Crippen molar-refractivity contribution in [1.82, 2.24) is 19.4 Å². The summed E-state index contributed by atoms with van der Waals surface area (Å²) in [7, 11) is 0. The monoisotopic (exact) mass is 462 g/mol. The maximum absolute atomic E-state index is 13.5. The number of benzene rings is 2. The molecule has 3 atom stereocenters. The highest BCUT2D eigenvalue weighted by atomic mass is 19.1. The summed E-state index contributed by atoms with van der Waals surface area (Å²) in [5, 5.41) is 9.91. The fourth-order valence-electron chi connectivity index (χ4n) is 5.47. The molecule has 2 aliphatic heterocycles. The predicted molar refractivity (Wildman–Crippen MR) is 129 cm³/mol. The second-order valence-corrected chi connectivity index (χ2v) is 9.59. The minimum atomic E-state index is -0.261. The fraction of sp³-hybridized carbons (Fsp3) is 0.407. The lowest BCUT2D eigenvalue weighted by molar-refractivity contribution is 0.0471. The molecule has 0 aliphatic carbocycles. The van der Waals surface area contributed by atoms with Gasteiger partial charge in [-0.05, 0) is 47.6 Å². The molecule has 1 amide bonds. The summed E-state index contributed by atoms with van der Waals surface area (Å²) in [5.41, 5.74) is 3.57. The van der Waals surface area contributed by atoms with E-state index in [1.807, 2.05) is 33.7 Å². The van der Waals surface area contributed by atoms with Crippen molar-refractivity contribution in [2.45, 2.75) is 38.5 Å². The number of hydrogen-bond donors (Lipinski definition) is 1. The smallest absolute Gasteiger partial charge is 0.272 e. The van der Waals surface area contributed by atoms with Gasteiger partial charge in [0, 0.05) is 38.8 Å². The summed E-state index contributed by atoms with van der Waals surface area (Å²) in [6.07, 6.45) is 4.89. The lowest BCUT2D eigenvalue weighted by Crippen LogP contribution is -2.51. The first kappa shape index (κ1) is 22.7. The molecule has 0 saturated carbocycles. The topological polar surface area (TPSA) is 61.6 Å². The zero-order chi connectivity index (χ0) is 23.7. The van der Waals surface area contributed by atoms with Crippen LogP contribution in [0, 0.1) is 11.7 Å². The van der Waals surface area contributed by atoms with Gasteiger partial charge in [0.15, 0.2) is 0 Å². The number of aromatic nitrogens is 2. The molecule has 3 aromatic rings. The second-order valence-electron chi connectivity index (χ2n) is 9.59. The van der Waals surface area contributed by atoms with Crippen molar-refractivity contribution in [3.63, 3.8) is 0 Å². The van der Waals surface area contributed by atoms with E-state index < -0.39 is 0 Å². The molecule has 0 spiro atoms. The van der Waals surface area contributed by atoms with Crippen LogP contribution in [0.1, 0.15) is 35.8 Å². The number of nitrogens with zero attached hydrogens (tertiary/aromatic N) is 4. The molecule has 2 aliphatic rings. The lowest BCUT2D eigenvalue weighted by atomic mass is 9.92. The van der Waals surface area contributed by atoms with E-state index in [-0.39, 0.29) is 17.8 Å². The molecular weight excluding hydrogens is 431 g/mol. The molecule has 7 heteroatoms. The van der Waals surface area contributed by atoms with Crippen LogP contribution in [-0.4, -0.2) is 68.7 Å². The van der Waals surface area contributed by atoms with Crippen molar-refractivity contribution in [2.24, 2.45) is 5.92 Å². The number of amides is 1. The number of piperidine rings is 1. The van der Waals surface area contributed by atoms with E-state index >= 15 is 0 Å². The SMILES string of the molecule is CC1CN(C(=O)c2cncn2Cc2ccccc2-c2ccc(F)cc2)CCC1N1CCC(O)C1. The van der Waals surface area contributed by atoms with Gasteiger partial charge in [-0.25, -0.2) is 9.37 Å². The normalized spacial score (nSPS) is 23.4. The van der Waals surface area contributed by atoms with E-state index in [4.69, 9.17) is 0 Å². The first-order valence-corrected chi connectivity index (χ1v) is 12.0. The van der Waals surface area contributed by atoms with Gasteiger partial charge in [-0.1, -0.05) is 43.3 Å². The van der Waals surface area contributed by atoms with Crippen molar-refractivity contribution < 1.29 is 14.3 Å². The van der Waals surface area contributed by atoms with Gasteiger partial charge < -0.3 is 14.6 Å². The number of halogens is 1. The Morgan fingerprint density at radius 2 is 1.88 bits per heavy atom. The Hall–Kier alpha value is -3.03. The number of carbonyl (C=O) groups is 1. The van der Waals surface area contributed by atoms with E-state index in [0.29, 0.717) is 37.3 Å². The molecule has 5 rings (SSSR count). The van der Waals surface area contributed by atoms with Crippen LogP contribution in [0.15, 0.2) is 61.1 Å². The van der Waals surface area contributed by atoms with Crippen LogP contribution >= 0.6 is 0 Å². The van der Waals surface area contributed by atoms with Crippen molar-refractivity contribution >= 4 is 5.91 Å². The minimum absolute atomic E-state index is 0.00326. The first-order chi connectivity index (χ1) is 16.5. The maximum atomic E-state index is 13.5. The van der Waals surface area contributed by atoms with Gasteiger partial charge in [0.1, 0.15) is 11.5 Å². The Kier molecular flexibility index (Phi) is 6.48. The number of aliphatic hydroxyl groups is 1. The van der Waals surface area contributed by atoms with E-state index in [0.717, 1.165) is 42.6 Å². The predicted octanol–water partition coefficient (Wildman–Crippen LogP) is 3.65. The van der Waals surface area contributed by atoms with Crippen LogP contribution in [0.4, 0.5) is 4.39 Å². The van der Waals surface area contributed by atoms with Crippen LogP contribution in [0.2, 0.25) is 0 Å². The molecule has 6 nitrogen and oxygen atoms in total. The van der Waals surface area contributed by atoms with Gasteiger partial charge in [0.05, 0.1) is 18.6 Å². The van der Waals surface area contributed by atoms with E-state index in [1.54, 1.807) is 24.7 Å². The number of imidazole rings is 1. The highest BCUT2D eigenvalue weighted by Crippen LogP contribution is 2.28. The Morgan fingerprint density at radius 1 is 1.09 bits per heavy atom. The summed E-state index contributed by atoms with van der Waals surface area (Å²) in [6.45, 7) is 5.79. The molecule has 0 radical (unpaired) electrons. The Bertz CT molecular complexity index is 1150. The average Bonchev–Trinajstić information content (AvgIpc) is 3.48. The third kappa shape index (κ3) is 4.63. The van der Waals surface area contributed by atoms with E-state index in [2.05, 4.69) is 16.8 Å². The minimum Gasteiger partial charge on any atom is -0.392 e. The number of likely N-dealkylation sites (tertiary alicyclic amines) is 2. The number of aliphatic hydroxyl groups excluding tert-OH is 1. The number of rotatable bonds is 5. The zero-order valence-electron chi connectivity index (χ0n) is 19.5. The Balaban J connectivity index is 1.31. The summed E-state index contributed by atoms with van der Waals surface area (Å²) in [5.74, 6) is 0.0877. The Labute approximate surface area is 199 Å². The van der Waals surface area contributed by atoms with Crippen molar-refractivity contribution in [3.05, 3.63) is 78.1 Å². The number of hydrogen-bond acceptors (Lipinski definition) is 4. The third-order valence-corrected chi connectivity index (χ3v) is 7.26.